The minimum atomic E-state index is -8.62. The molecular weight excluding hydrogens is 564 g/mol. The number of aromatic nitrogens is 1. The van der Waals surface area contributed by atoms with Gasteiger partial charge in [-0.2, -0.15) is 70.2 Å². The highest BCUT2D eigenvalue weighted by molar-refractivity contribution is 6.22. The van der Waals surface area contributed by atoms with Gasteiger partial charge in [-0.05, 0) is 23.7 Å². The molecule has 0 spiro atoms. The number of carbonyl (C=O) groups is 1. The van der Waals surface area contributed by atoms with E-state index in [0.29, 0.717) is 0 Å². The Labute approximate surface area is 187 Å². The predicted octanol–water partition coefficient (Wildman–Crippen LogP) is 5.98. The first kappa shape index (κ1) is 30.8. The monoisotopic (exact) mass is 570 g/mol. The topological polar surface area (TPSA) is 42.0 Å². The molecule has 3 nitrogen and oxygen atoms in total. The Bertz CT molecular complexity index is 915. The lowest BCUT2D eigenvalue weighted by Crippen LogP contribution is -2.75. The smallest absolute Gasteiger partial charge is 0.345 e. The maximum Gasteiger partial charge on any atom is 0.393 e. The zero-order chi connectivity index (χ0) is 28.1. The Balaban J connectivity index is 3.47. The molecule has 1 aromatic rings. The molecule has 1 N–H and O–H groups in total. The number of nitrogens with zero attached hydrogens (tertiary/aromatic N) is 1. The van der Waals surface area contributed by atoms with Crippen LogP contribution < -0.4 is 5.32 Å². The van der Waals surface area contributed by atoms with Gasteiger partial charge in [-0.1, -0.05) is 6.07 Å². The van der Waals surface area contributed by atoms with Crippen molar-refractivity contribution in [1.29, 1.82) is 0 Å². The summed E-state index contributed by atoms with van der Waals surface area (Å²) in [5.41, 5.74) is -0.424. The lowest BCUT2D eigenvalue weighted by Gasteiger charge is -2.42. The van der Waals surface area contributed by atoms with Crippen molar-refractivity contribution in [2.45, 2.75) is 53.4 Å². The number of nitrogens with one attached hydrogen (secondary N) is 1. The van der Waals surface area contributed by atoms with E-state index in [1.807, 2.05) is 0 Å². The highest BCUT2D eigenvalue weighted by Gasteiger charge is 2.95. The van der Waals surface area contributed by atoms with Crippen molar-refractivity contribution >= 4 is 17.5 Å². The van der Waals surface area contributed by atoms with Gasteiger partial charge in [0.1, 0.15) is 0 Å². The van der Waals surface area contributed by atoms with E-state index >= 15 is 0 Å². The third-order valence-corrected chi connectivity index (χ3v) is 4.40. The molecular formula is C15H7ClF16N2O. The van der Waals surface area contributed by atoms with Crippen molar-refractivity contribution in [3.63, 3.8) is 0 Å². The molecule has 0 saturated carbocycles. The first-order valence-corrected chi connectivity index (χ1v) is 8.52. The van der Waals surface area contributed by atoms with Gasteiger partial charge < -0.3 is 5.32 Å². The van der Waals surface area contributed by atoms with E-state index in [1.165, 1.54) is 6.07 Å². The largest absolute Gasteiger partial charge is 0.393 e. The summed E-state index contributed by atoms with van der Waals surface area (Å²) < 4.78 is 213. The SMILES string of the molecule is O=C(NCc1ccccn1)C(F)(F)C(F)(F)C(F)(F)C(F)(F)C(F)(F)C(F)(F)C(F)(F)C(F)(F)Cl. The number of halogens is 17. The standard InChI is InChI=1S/C15H7ClF16N2O/c16-15(31,32)14(29,30)13(27,28)12(25,26)11(23,24)10(21,22)9(19,20)8(17,18)7(35)34-5-6-3-1-2-4-33-6/h1-4H,5H2,(H,34,35). The molecule has 1 heterocycles. The van der Waals surface area contributed by atoms with E-state index < -0.39 is 65.0 Å². The molecule has 0 aliphatic heterocycles. The van der Waals surface area contributed by atoms with Crippen LogP contribution in [0.25, 0.3) is 0 Å². The molecule has 0 aliphatic rings. The quantitative estimate of drug-likeness (QED) is 0.278. The van der Waals surface area contributed by atoms with Crippen LogP contribution in [0.2, 0.25) is 0 Å². The van der Waals surface area contributed by atoms with Crippen molar-refractivity contribution in [1.82, 2.24) is 10.3 Å². The Hall–Kier alpha value is -2.21. The normalized spacial score (nSPS) is 15.2. The molecule has 1 aromatic heterocycles. The average molecular weight is 571 g/mol. The fourth-order valence-electron chi connectivity index (χ4n) is 2.09. The summed E-state index contributed by atoms with van der Waals surface area (Å²) in [4.78, 5) is 14.6. The second-order valence-electron chi connectivity index (χ2n) is 6.52. The van der Waals surface area contributed by atoms with Gasteiger partial charge in [-0.15, -0.1) is 0 Å². The van der Waals surface area contributed by atoms with Gasteiger partial charge in [0.25, 0.3) is 5.91 Å². The maximum atomic E-state index is 13.7. The molecule has 202 valence electrons. The molecule has 0 aromatic carbocycles. The van der Waals surface area contributed by atoms with Crippen LogP contribution in [-0.2, 0) is 11.3 Å². The van der Waals surface area contributed by atoms with Crippen LogP contribution >= 0.6 is 11.6 Å². The molecule has 0 aliphatic carbocycles. The van der Waals surface area contributed by atoms with Gasteiger partial charge in [0.05, 0.1) is 12.2 Å². The van der Waals surface area contributed by atoms with Crippen molar-refractivity contribution < 1.29 is 75.0 Å². The summed E-state index contributed by atoms with van der Waals surface area (Å²) in [5.74, 6) is -60.5. The van der Waals surface area contributed by atoms with Gasteiger partial charge in [0.15, 0.2) is 0 Å². The molecule has 1 amide bonds. The van der Waals surface area contributed by atoms with Crippen LogP contribution in [0, 0.1) is 0 Å². The fourth-order valence-corrected chi connectivity index (χ4v) is 2.21. The lowest BCUT2D eigenvalue weighted by molar-refractivity contribution is -0.446. The molecule has 0 radical (unpaired) electrons. The molecule has 0 atom stereocenters. The van der Waals surface area contributed by atoms with Crippen LogP contribution in [0.15, 0.2) is 24.4 Å². The fraction of sp³-hybridized carbons (Fsp3) is 0.600. The van der Waals surface area contributed by atoms with Crippen LogP contribution in [0.3, 0.4) is 0 Å². The Morgan fingerprint density at radius 1 is 0.686 bits per heavy atom. The third-order valence-electron chi connectivity index (χ3n) is 4.16. The first-order chi connectivity index (χ1) is 15.2. The van der Waals surface area contributed by atoms with E-state index in [1.54, 1.807) is 0 Å². The second-order valence-corrected chi connectivity index (χ2v) is 7.00. The van der Waals surface area contributed by atoms with Crippen LogP contribution in [0.5, 0.6) is 0 Å². The number of rotatable bonds is 10. The molecule has 0 saturated heterocycles. The van der Waals surface area contributed by atoms with E-state index in [9.17, 15) is 75.0 Å². The van der Waals surface area contributed by atoms with Crippen molar-refractivity contribution in [2.75, 3.05) is 0 Å². The van der Waals surface area contributed by atoms with Crippen molar-refractivity contribution in [3.05, 3.63) is 30.1 Å². The van der Waals surface area contributed by atoms with Crippen LogP contribution in [-0.4, -0.2) is 57.7 Å². The molecule has 0 bridgehead atoms. The minimum absolute atomic E-state index is 0.424. The van der Waals surface area contributed by atoms with E-state index in [-0.39, 0.29) is 0 Å². The minimum Gasteiger partial charge on any atom is -0.345 e. The highest BCUT2D eigenvalue weighted by Crippen LogP contribution is 2.64. The van der Waals surface area contributed by atoms with E-state index in [0.717, 1.165) is 23.6 Å². The highest BCUT2D eigenvalue weighted by atomic mass is 35.5. The van der Waals surface area contributed by atoms with Crippen LogP contribution in [0.4, 0.5) is 70.2 Å². The summed E-state index contributed by atoms with van der Waals surface area (Å²) in [6.07, 6.45) is 0.936. The zero-order valence-corrected chi connectivity index (χ0v) is 16.6. The predicted molar refractivity (Wildman–Crippen MR) is 81.5 cm³/mol. The molecule has 35 heavy (non-hydrogen) atoms. The number of alkyl halides is 17. The Morgan fingerprint density at radius 3 is 1.46 bits per heavy atom. The summed E-state index contributed by atoms with van der Waals surface area (Å²) in [6.45, 7) is -1.27. The number of hydrogen-bond donors (Lipinski definition) is 1. The number of hydrogen-bond acceptors (Lipinski definition) is 2. The lowest BCUT2D eigenvalue weighted by atomic mass is 9.89. The average Bonchev–Trinajstić information content (AvgIpc) is 2.70. The summed E-state index contributed by atoms with van der Waals surface area (Å²) in [6, 6.07) is 3.25. The van der Waals surface area contributed by atoms with Gasteiger partial charge >= 0.3 is 46.8 Å². The Kier molecular flexibility index (Phi) is 7.68. The summed E-state index contributed by atoms with van der Waals surface area (Å²) in [5, 5.41) is -6.06. The maximum absolute atomic E-state index is 13.7. The molecule has 20 heteroatoms. The van der Waals surface area contributed by atoms with E-state index in [4.69, 9.17) is 0 Å². The Morgan fingerprint density at radius 2 is 1.09 bits per heavy atom. The van der Waals surface area contributed by atoms with Gasteiger partial charge in [-0.25, -0.2) is 0 Å². The number of amides is 1. The number of pyridine rings is 1. The number of carbonyl (C=O) groups excluding carboxylic acids is 1. The second kappa shape index (κ2) is 8.72. The summed E-state index contributed by atoms with van der Waals surface area (Å²) in [7, 11) is 0. The van der Waals surface area contributed by atoms with Gasteiger partial charge in [0.2, 0.25) is 0 Å². The van der Waals surface area contributed by atoms with Crippen LogP contribution in [0.1, 0.15) is 5.69 Å². The van der Waals surface area contributed by atoms with Gasteiger partial charge in [0, 0.05) is 6.20 Å². The summed E-state index contributed by atoms with van der Waals surface area (Å²) >= 11 is 3.41. The first-order valence-electron chi connectivity index (χ1n) is 8.14. The van der Waals surface area contributed by atoms with Crippen molar-refractivity contribution in [2.24, 2.45) is 0 Å². The van der Waals surface area contributed by atoms with E-state index in [2.05, 4.69) is 16.6 Å². The third kappa shape index (κ3) is 4.43. The molecule has 1 rings (SSSR count). The van der Waals surface area contributed by atoms with Gasteiger partial charge in [-0.3, -0.25) is 9.78 Å². The van der Waals surface area contributed by atoms with Crippen molar-refractivity contribution in [3.8, 4) is 0 Å². The zero-order valence-electron chi connectivity index (χ0n) is 15.8. The molecule has 0 unspecified atom stereocenters. The molecule has 0 fully saturated rings.